The highest BCUT2D eigenvalue weighted by Gasteiger charge is 2.23. The lowest BCUT2D eigenvalue weighted by atomic mass is 10.0. The minimum atomic E-state index is 0.532. The van der Waals surface area contributed by atoms with E-state index in [1.165, 1.54) is 25.7 Å². The average molecular weight is 261 g/mol. The van der Waals surface area contributed by atoms with E-state index in [9.17, 15) is 0 Å². The third-order valence-corrected chi connectivity index (χ3v) is 3.77. The Bertz CT molecular complexity index is 507. The van der Waals surface area contributed by atoms with Gasteiger partial charge in [0, 0.05) is 6.04 Å². The van der Waals surface area contributed by atoms with Gasteiger partial charge in [0.2, 0.25) is 11.7 Å². The summed E-state index contributed by atoms with van der Waals surface area (Å²) >= 11 is 0. The fourth-order valence-corrected chi connectivity index (χ4v) is 2.73. The van der Waals surface area contributed by atoms with Crippen molar-refractivity contribution in [1.82, 2.24) is 15.0 Å². The molecule has 1 aliphatic rings. The van der Waals surface area contributed by atoms with E-state index in [0.717, 1.165) is 13.1 Å². The Hall–Kier alpha value is -1.62. The Labute approximate surface area is 112 Å². The second-order valence-corrected chi connectivity index (χ2v) is 5.02. The van der Waals surface area contributed by atoms with Gasteiger partial charge in [0.15, 0.2) is 5.76 Å². The Balaban J connectivity index is 1.69. The van der Waals surface area contributed by atoms with Gasteiger partial charge in [0.25, 0.3) is 0 Å². The van der Waals surface area contributed by atoms with Crippen LogP contribution in [-0.4, -0.2) is 27.6 Å². The van der Waals surface area contributed by atoms with Gasteiger partial charge in [-0.2, -0.15) is 4.98 Å². The number of likely N-dealkylation sites (tertiary alicyclic amines) is 1. The summed E-state index contributed by atoms with van der Waals surface area (Å²) in [5.74, 6) is 1.86. The maximum atomic E-state index is 5.32. The highest BCUT2D eigenvalue weighted by Crippen LogP contribution is 2.22. The van der Waals surface area contributed by atoms with E-state index in [4.69, 9.17) is 8.94 Å². The highest BCUT2D eigenvalue weighted by molar-refractivity contribution is 5.44. The predicted octanol–water partition coefficient (Wildman–Crippen LogP) is 3.09. The van der Waals surface area contributed by atoms with Gasteiger partial charge in [0.1, 0.15) is 0 Å². The maximum Gasteiger partial charge on any atom is 0.241 e. The molecule has 0 N–H and O–H groups in total. The standard InChI is InChI=1S/C14H19N3O2/c1-2-11-6-3-4-8-17(11)10-13-15-14(16-19-13)12-7-5-9-18-12/h5,7,9,11H,2-4,6,8,10H2,1H3. The van der Waals surface area contributed by atoms with E-state index >= 15 is 0 Å². The molecule has 3 rings (SSSR count). The van der Waals surface area contributed by atoms with Crippen LogP contribution < -0.4 is 0 Å². The molecule has 3 heterocycles. The number of aromatic nitrogens is 2. The molecule has 102 valence electrons. The number of rotatable bonds is 4. The van der Waals surface area contributed by atoms with Gasteiger partial charge in [-0.25, -0.2) is 0 Å². The summed E-state index contributed by atoms with van der Waals surface area (Å²) in [6.07, 6.45) is 6.66. The summed E-state index contributed by atoms with van der Waals surface area (Å²) in [6.45, 7) is 4.11. The fourth-order valence-electron chi connectivity index (χ4n) is 2.73. The quantitative estimate of drug-likeness (QED) is 0.846. The van der Waals surface area contributed by atoms with Gasteiger partial charge < -0.3 is 8.94 Å². The molecule has 1 aliphatic heterocycles. The Morgan fingerprint density at radius 3 is 3.16 bits per heavy atom. The van der Waals surface area contributed by atoms with Gasteiger partial charge in [-0.1, -0.05) is 18.5 Å². The van der Waals surface area contributed by atoms with Crippen molar-refractivity contribution >= 4 is 0 Å². The second-order valence-electron chi connectivity index (χ2n) is 5.02. The van der Waals surface area contributed by atoms with Crippen LogP contribution in [0.4, 0.5) is 0 Å². The van der Waals surface area contributed by atoms with Crippen LogP contribution in [0.15, 0.2) is 27.3 Å². The van der Waals surface area contributed by atoms with E-state index in [0.29, 0.717) is 23.5 Å². The molecular weight excluding hydrogens is 242 g/mol. The summed E-state index contributed by atoms with van der Waals surface area (Å²) in [5.41, 5.74) is 0. The largest absolute Gasteiger partial charge is 0.461 e. The average Bonchev–Trinajstić information content (AvgIpc) is 3.09. The zero-order valence-corrected chi connectivity index (χ0v) is 11.2. The molecule has 1 atom stereocenters. The van der Waals surface area contributed by atoms with Crippen molar-refractivity contribution in [2.45, 2.75) is 45.2 Å². The van der Waals surface area contributed by atoms with Gasteiger partial charge in [0.05, 0.1) is 12.8 Å². The fraction of sp³-hybridized carbons (Fsp3) is 0.571. The summed E-state index contributed by atoms with van der Waals surface area (Å²) in [6, 6.07) is 4.31. The molecule has 0 aromatic carbocycles. The summed E-state index contributed by atoms with van der Waals surface area (Å²) in [4.78, 5) is 6.85. The molecule has 0 amide bonds. The highest BCUT2D eigenvalue weighted by atomic mass is 16.5. The van der Waals surface area contributed by atoms with Crippen LogP contribution in [0.25, 0.3) is 11.6 Å². The molecule has 0 bridgehead atoms. The Morgan fingerprint density at radius 2 is 2.37 bits per heavy atom. The molecule has 5 nitrogen and oxygen atoms in total. The maximum absolute atomic E-state index is 5.32. The second kappa shape index (κ2) is 5.57. The first kappa shape index (κ1) is 12.4. The number of hydrogen-bond donors (Lipinski definition) is 0. The van der Waals surface area contributed by atoms with Crippen molar-refractivity contribution in [3.05, 3.63) is 24.3 Å². The lowest BCUT2D eigenvalue weighted by Crippen LogP contribution is -2.38. The van der Waals surface area contributed by atoms with Gasteiger partial charge in [-0.3, -0.25) is 4.90 Å². The molecule has 2 aromatic rings. The van der Waals surface area contributed by atoms with Crippen molar-refractivity contribution in [3.8, 4) is 11.6 Å². The molecule has 2 aromatic heterocycles. The first-order valence-corrected chi connectivity index (χ1v) is 6.97. The van der Waals surface area contributed by atoms with Crippen LogP contribution in [0.5, 0.6) is 0 Å². The Morgan fingerprint density at radius 1 is 1.42 bits per heavy atom. The Kier molecular flexibility index (Phi) is 3.64. The van der Waals surface area contributed by atoms with Crippen molar-refractivity contribution in [1.29, 1.82) is 0 Å². The summed E-state index contributed by atoms with van der Waals surface area (Å²) in [5, 5.41) is 3.97. The SMILES string of the molecule is CCC1CCCCN1Cc1nc(-c2ccco2)no1. The van der Waals surface area contributed by atoms with Gasteiger partial charge >= 0.3 is 0 Å². The minimum Gasteiger partial charge on any atom is -0.461 e. The normalized spacial score (nSPS) is 20.8. The summed E-state index contributed by atoms with van der Waals surface area (Å²) in [7, 11) is 0. The van der Waals surface area contributed by atoms with Crippen LogP contribution in [0.3, 0.4) is 0 Å². The first-order chi connectivity index (χ1) is 9.36. The number of hydrogen-bond acceptors (Lipinski definition) is 5. The third-order valence-electron chi connectivity index (χ3n) is 3.77. The number of nitrogens with zero attached hydrogens (tertiary/aromatic N) is 3. The lowest BCUT2D eigenvalue weighted by molar-refractivity contribution is 0.120. The van der Waals surface area contributed by atoms with Crippen molar-refractivity contribution in [2.75, 3.05) is 6.54 Å². The minimum absolute atomic E-state index is 0.532. The zero-order valence-electron chi connectivity index (χ0n) is 11.2. The smallest absolute Gasteiger partial charge is 0.241 e. The van der Waals surface area contributed by atoms with E-state index in [1.54, 1.807) is 6.26 Å². The van der Waals surface area contributed by atoms with Crippen molar-refractivity contribution in [2.24, 2.45) is 0 Å². The van der Waals surface area contributed by atoms with E-state index < -0.39 is 0 Å². The van der Waals surface area contributed by atoms with E-state index in [2.05, 4.69) is 22.0 Å². The molecule has 0 spiro atoms. The molecule has 0 radical (unpaired) electrons. The van der Waals surface area contributed by atoms with Gasteiger partial charge in [-0.15, -0.1) is 0 Å². The van der Waals surface area contributed by atoms with Gasteiger partial charge in [-0.05, 0) is 37.9 Å². The lowest BCUT2D eigenvalue weighted by Gasteiger charge is -2.33. The molecule has 5 heteroatoms. The molecule has 0 saturated carbocycles. The monoisotopic (exact) mass is 261 g/mol. The molecule has 1 fully saturated rings. The molecule has 0 aliphatic carbocycles. The topological polar surface area (TPSA) is 55.3 Å². The molecule has 1 saturated heterocycles. The van der Waals surface area contributed by atoms with Crippen LogP contribution in [0.1, 0.15) is 38.5 Å². The van der Waals surface area contributed by atoms with Crippen LogP contribution in [-0.2, 0) is 6.54 Å². The van der Waals surface area contributed by atoms with Crippen molar-refractivity contribution < 1.29 is 8.94 Å². The molecular formula is C14H19N3O2. The van der Waals surface area contributed by atoms with E-state index in [-0.39, 0.29) is 0 Å². The summed E-state index contributed by atoms with van der Waals surface area (Å²) < 4.78 is 10.6. The predicted molar refractivity (Wildman–Crippen MR) is 70.3 cm³/mol. The number of piperidine rings is 1. The third kappa shape index (κ3) is 2.71. The van der Waals surface area contributed by atoms with Crippen LogP contribution >= 0.6 is 0 Å². The molecule has 19 heavy (non-hydrogen) atoms. The van der Waals surface area contributed by atoms with Crippen LogP contribution in [0.2, 0.25) is 0 Å². The van der Waals surface area contributed by atoms with E-state index in [1.807, 2.05) is 12.1 Å². The first-order valence-electron chi connectivity index (χ1n) is 6.97. The van der Waals surface area contributed by atoms with Crippen LogP contribution in [0, 0.1) is 0 Å². The zero-order chi connectivity index (χ0) is 13.1. The number of furan rings is 1. The van der Waals surface area contributed by atoms with Crippen molar-refractivity contribution in [3.63, 3.8) is 0 Å². The molecule has 1 unspecified atom stereocenters.